The third kappa shape index (κ3) is 4.02. The van der Waals surface area contributed by atoms with Gasteiger partial charge >= 0.3 is 0 Å². The molecule has 0 spiro atoms. The summed E-state index contributed by atoms with van der Waals surface area (Å²) < 4.78 is 2.03. The molecular weight excluding hydrogens is 340 g/mol. The fraction of sp³-hybridized carbons (Fsp3) is 0.350. The lowest BCUT2D eigenvalue weighted by molar-refractivity contribution is 0.0916. The smallest absolute Gasteiger partial charge is 0.270 e. The van der Waals surface area contributed by atoms with Crippen LogP contribution in [-0.4, -0.2) is 36.7 Å². The average molecular weight is 362 g/mol. The van der Waals surface area contributed by atoms with Crippen LogP contribution in [0.3, 0.4) is 0 Å². The highest BCUT2D eigenvalue weighted by Gasteiger charge is 2.24. The van der Waals surface area contributed by atoms with Crippen molar-refractivity contribution in [3.05, 3.63) is 60.6 Å². The van der Waals surface area contributed by atoms with E-state index < -0.39 is 0 Å². The van der Waals surface area contributed by atoms with Crippen molar-refractivity contribution < 1.29 is 4.79 Å². The summed E-state index contributed by atoms with van der Waals surface area (Å²) in [6, 6.07) is 7.93. The summed E-state index contributed by atoms with van der Waals surface area (Å²) in [5.74, 6) is -0.0905. The summed E-state index contributed by atoms with van der Waals surface area (Å²) in [5.41, 5.74) is 3.21. The van der Waals surface area contributed by atoms with Crippen molar-refractivity contribution in [3.8, 4) is 11.3 Å². The first-order chi connectivity index (χ1) is 13.2. The molecule has 0 unspecified atom stereocenters. The van der Waals surface area contributed by atoms with Crippen molar-refractivity contribution in [2.24, 2.45) is 0 Å². The van der Waals surface area contributed by atoms with E-state index in [4.69, 9.17) is 0 Å². The van der Waals surface area contributed by atoms with Crippen LogP contribution in [0.15, 0.2) is 49.2 Å². The summed E-state index contributed by atoms with van der Waals surface area (Å²) in [5, 5.41) is 7.64. The molecule has 27 heavy (non-hydrogen) atoms. The van der Waals surface area contributed by atoms with E-state index in [9.17, 15) is 4.79 Å². The number of amides is 1. The van der Waals surface area contributed by atoms with Crippen LogP contribution >= 0.6 is 0 Å². The molecule has 138 valence electrons. The number of carbonyl (C=O) groups is 1. The van der Waals surface area contributed by atoms with E-state index in [-0.39, 0.29) is 11.9 Å². The Morgan fingerprint density at radius 3 is 2.78 bits per heavy atom. The first-order valence-electron chi connectivity index (χ1n) is 9.24. The van der Waals surface area contributed by atoms with Gasteiger partial charge in [-0.1, -0.05) is 6.07 Å². The van der Waals surface area contributed by atoms with Gasteiger partial charge in [0.1, 0.15) is 12.0 Å². The fourth-order valence-electron chi connectivity index (χ4n) is 3.54. The first kappa shape index (κ1) is 17.3. The van der Waals surface area contributed by atoms with E-state index in [1.807, 2.05) is 42.2 Å². The van der Waals surface area contributed by atoms with Gasteiger partial charge in [-0.25, -0.2) is 15.0 Å². The Bertz CT molecular complexity index is 915. The summed E-state index contributed by atoms with van der Waals surface area (Å²) in [4.78, 5) is 24.9. The topological polar surface area (TPSA) is 85.6 Å². The van der Waals surface area contributed by atoms with E-state index >= 15 is 0 Å². The molecule has 3 aromatic heterocycles. The van der Waals surface area contributed by atoms with E-state index in [0.717, 1.165) is 42.6 Å². The molecule has 0 saturated heterocycles. The largest absolute Gasteiger partial charge is 0.348 e. The maximum absolute atomic E-state index is 12.4. The van der Waals surface area contributed by atoms with Crippen molar-refractivity contribution in [2.75, 3.05) is 0 Å². The monoisotopic (exact) mass is 362 g/mol. The molecule has 3 aromatic rings. The Hall–Kier alpha value is -3.09. The van der Waals surface area contributed by atoms with Crippen molar-refractivity contribution in [2.45, 2.75) is 44.7 Å². The fourth-order valence-corrected chi connectivity index (χ4v) is 3.54. The predicted molar refractivity (Wildman–Crippen MR) is 101 cm³/mol. The zero-order valence-corrected chi connectivity index (χ0v) is 15.2. The lowest BCUT2D eigenvalue weighted by Crippen LogP contribution is -2.38. The highest BCUT2D eigenvalue weighted by molar-refractivity contribution is 5.92. The Kier molecular flexibility index (Phi) is 4.91. The molecule has 7 nitrogen and oxygen atoms in total. The number of nitrogens with zero attached hydrogens (tertiary/aromatic N) is 5. The van der Waals surface area contributed by atoms with Gasteiger partial charge in [-0.15, -0.1) is 0 Å². The molecular formula is C20H22N6O. The van der Waals surface area contributed by atoms with Crippen molar-refractivity contribution in [1.29, 1.82) is 0 Å². The van der Waals surface area contributed by atoms with Crippen molar-refractivity contribution in [3.63, 3.8) is 0 Å². The molecule has 1 aliphatic rings. The number of aromatic nitrogens is 5. The standard InChI is InChI=1S/C20H22N6O/c1-14-3-2-4-19(24-14)20(27)25-16-5-7-17(8-6-16)26-12-15(11-23-26)18-9-10-21-13-22-18/h2-4,9-13,16-17H,5-8H2,1H3,(H,25,27). The van der Waals surface area contributed by atoms with Gasteiger partial charge in [-0.05, 0) is 50.8 Å². The van der Waals surface area contributed by atoms with Gasteiger partial charge in [-0.3, -0.25) is 9.48 Å². The van der Waals surface area contributed by atoms with Crippen molar-refractivity contribution in [1.82, 2.24) is 30.0 Å². The Labute approximate surface area is 157 Å². The number of rotatable bonds is 4. The molecule has 0 bridgehead atoms. The Morgan fingerprint density at radius 2 is 2.04 bits per heavy atom. The molecule has 0 aliphatic heterocycles. The minimum Gasteiger partial charge on any atom is -0.348 e. The quantitative estimate of drug-likeness (QED) is 0.771. The van der Waals surface area contributed by atoms with Crippen LogP contribution in [0.5, 0.6) is 0 Å². The summed E-state index contributed by atoms with van der Waals surface area (Å²) >= 11 is 0. The van der Waals surface area contributed by atoms with Gasteiger partial charge in [0.15, 0.2) is 0 Å². The third-order valence-corrected chi connectivity index (χ3v) is 5.01. The number of nitrogens with one attached hydrogen (secondary N) is 1. The van der Waals surface area contributed by atoms with Crippen molar-refractivity contribution >= 4 is 5.91 Å². The average Bonchev–Trinajstić information content (AvgIpc) is 3.19. The molecule has 3 heterocycles. The van der Waals surface area contributed by atoms with Gasteiger partial charge in [0, 0.05) is 29.7 Å². The molecule has 7 heteroatoms. The third-order valence-electron chi connectivity index (χ3n) is 5.01. The SMILES string of the molecule is Cc1cccc(C(=O)NC2CCC(n3cc(-c4ccncn4)cn3)CC2)n1. The van der Waals surface area contributed by atoms with Crippen LogP contribution in [0.1, 0.15) is 47.9 Å². The lowest BCUT2D eigenvalue weighted by Gasteiger charge is -2.29. The summed E-state index contributed by atoms with van der Waals surface area (Å²) in [7, 11) is 0. The number of pyridine rings is 1. The zero-order valence-electron chi connectivity index (χ0n) is 15.2. The normalized spacial score (nSPS) is 19.6. The molecule has 1 amide bonds. The van der Waals surface area contributed by atoms with Gasteiger partial charge in [0.2, 0.25) is 0 Å². The van der Waals surface area contributed by atoms with Gasteiger partial charge in [-0.2, -0.15) is 5.10 Å². The molecule has 0 atom stereocenters. The zero-order chi connectivity index (χ0) is 18.6. The molecule has 1 N–H and O–H groups in total. The van der Waals surface area contributed by atoms with Gasteiger partial charge in [0.25, 0.3) is 5.91 Å². The van der Waals surface area contributed by atoms with E-state index in [1.165, 1.54) is 0 Å². The second-order valence-corrected chi connectivity index (χ2v) is 6.95. The predicted octanol–water partition coefficient (Wildman–Crippen LogP) is 2.96. The van der Waals surface area contributed by atoms with E-state index in [0.29, 0.717) is 11.7 Å². The Morgan fingerprint density at radius 1 is 1.19 bits per heavy atom. The van der Waals surface area contributed by atoms with Gasteiger partial charge in [0.05, 0.1) is 17.9 Å². The maximum atomic E-state index is 12.4. The summed E-state index contributed by atoms with van der Waals surface area (Å²) in [6.07, 6.45) is 11.0. The minimum absolute atomic E-state index is 0.0905. The van der Waals surface area contributed by atoms with Gasteiger partial charge < -0.3 is 5.32 Å². The van der Waals surface area contributed by atoms with E-state index in [2.05, 4.69) is 25.4 Å². The maximum Gasteiger partial charge on any atom is 0.270 e. The molecule has 0 aromatic carbocycles. The molecule has 1 aliphatic carbocycles. The van der Waals surface area contributed by atoms with Crippen LogP contribution in [0.4, 0.5) is 0 Å². The Balaban J connectivity index is 1.34. The summed E-state index contributed by atoms with van der Waals surface area (Å²) in [6.45, 7) is 1.89. The first-order valence-corrected chi connectivity index (χ1v) is 9.24. The van der Waals surface area contributed by atoms with Crippen LogP contribution in [-0.2, 0) is 0 Å². The number of carbonyl (C=O) groups excluding carboxylic acids is 1. The van der Waals surface area contributed by atoms with Crippen LogP contribution < -0.4 is 5.32 Å². The molecule has 1 fully saturated rings. The lowest BCUT2D eigenvalue weighted by atomic mass is 9.91. The number of hydrogen-bond acceptors (Lipinski definition) is 5. The van der Waals surface area contributed by atoms with Crippen LogP contribution in [0.2, 0.25) is 0 Å². The van der Waals surface area contributed by atoms with Crippen LogP contribution in [0, 0.1) is 6.92 Å². The minimum atomic E-state index is -0.0905. The highest BCUT2D eigenvalue weighted by Crippen LogP contribution is 2.29. The second-order valence-electron chi connectivity index (χ2n) is 6.95. The van der Waals surface area contributed by atoms with Crippen LogP contribution in [0.25, 0.3) is 11.3 Å². The molecule has 1 saturated carbocycles. The second kappa shape index (κ2) is 7.65. The number of hydrogen-bond donors (Lipinski definition) is 1. The number of aryl methyl sites for hydroxylation is 1. The molecule has 4 rings (SSSR count). The molecule has 0 radical (unpaired) electrons. The van der Waals surface area contributed by atoms with E-state index in [1.54, 1.807) is 18.6 Å². The highest BCUT2D eigenvalue weighted by atomic mass is 16.1.